The molecule has 0 spiro atoms. The molecule has 7 nitrogen and oxygen atoms in total. The molecule has 0 heterocycles. The van der Waals surface area contributed by atoms with Crippen LogP contribution in [-0.2, 0) is 13.9 Å². The van der Waals surface area contributed by atoms with Crippen LogP contribution in [0.4, 0.5) is 0 Å². The topological polar surface area (TPSA) is 130 Å². The highest BCUT2D eigenvalue weighted by Crippen LogP contribution is 2.24. The number of aliphatic hydroxyl groups is 2. The zero-order valence-corrected chi connectivity index (χ0v) is 9.57. The fourth-order valence-corrected chi connectivity index (χ4v) is 1.49. The lowest BCUT2D eigenvalue weighted by molar-refractivity contribution is -0.343. The van der Waals surface area contributed by atoms with E-state index in [1.807, 2.05) is 0 Å². The molecule has 0 radical (unpaired) electrons. The van der Waals surface area contributed by atoms with Crippen molar-refractivity contribution in [3.05, 3.63) is 0 Å². The fourth-order valence-electron chi connectivity index (χ4n) is 0.701. The molecule has 15 heavy (non-hydrogen) atoms. The van der Waals surface area contributed by atoms with Gasteiger partial charge < -0.3 is 29.1 Å². The van der Waals surface area contributed by atoms with Crippen molar-refractivity contribution in [1.29, 1.82) is 0 Å². The summed E-state index contributed by atoms with van der Waals surface area (Å²) >= 11 is 1.14. The maximum absolute atomic E-state index is 11.0. The van der Waals surface area contributed by atoms with Gasteiger partial charge in [0.1, 0.15) is 12.2 Å². The largest absolute Gasteiger partial charge is 0.790 e. The van der Waals surface area contributed by atoms with Crippen LogP contribution < -0.4 is 9.79 Å². The summed E-state index contributed by atoms with van der Waals surface area (Å²) < 4.78 is 13.7. The second-order valence-electron chi connectivity index (χ2n) is 2.65. The van der Waals surface area contributed by atoms with Crippen molar-refractivity contribution < 1.29 is 33.9 Å². The average Bonchev–Trinajstić information content (AvgIpc) is 2.12. The number of carbonyl (C=O) groups excluding carboxylic acids is 1. The summed E-state index contributed by atoms with van der Waals surface area (Å²) in [5.41, 5.74) is 0. The second-order valence-corrected chi connectivity index (χ2v) is 4.67. The Bertz CT molecular complexity index is 252. The van der Waals surface area contributed by atoms with E-state index in [4.69, 9.17) is 10.2 Å². The molecule has 0 amide bonds. The summed E-state index contributed by atoms with van der Waals surface area (Å²) in [5.74, 6) is -0.685. The van der Waals surface area contributed by atoms with E-state index < -0.39 is 32.4 Å². The zero-order valence-electron chi connectivity index (χ0n) is 7.86. The number of aliphatic hydroxyl groups excluding tert-OH is 2. The minimum Gasteiger partial charge on any atom is -0.790 e. The standard InChI is InChI=1S/C6H13O7PS/c1-15-3-5(8)6(9)4(7)2-13-14(10,11)12/h4,6-7,9H,2-3H2,1H3,(H2,10,11,12)/p-2/t4-,6-/m1/s1. The molecule has 0 bridgehead atoms. The Hall–Kier alpha value is 0.0500. The van der Waals surface area contributed by atoms with E-state index in [-0.39, 0.29) is 5.75 Å². The van der Waals surface area contributed by atoms with Gasteiger partial charge in [0.2, 0.25) is 0 Å². The van der Waals surface area contributed by atoms with Gasteiger partial charge in [-0.25, -0.2) is 0 Å². The summed E-state index contributed by atoms with van der Waals surface area (Å²) in [6.45, 7) is -0.925. The lowest BCUT2D eigenvalue weighted by Gasteiger charge is -2.30. The van der Waals surface area contributed by atoms with Gasteiger partial charge in [0.05, 0.1) is 20.2 Å². The van der Waals surface area contributed by atoms with E-state index in [1.165, 1.54) is 0 Å². The predicted molar refractivity (Wildman–Crippen MR) is 49.0 cm³/mol. The molecule has 90 valence electrons. The van der Waals surface area contributed by atoms with Gasteiger partial charge in [0.15, 0.2) is 5.78 Å². The Balaban J connectivity index is 4.04. The predicted octanol–water partition coefficient (Wildman–Crippen LogP) is -2.51. The molecular weight excluding hydrogens is 247 g/mol. The van der Waals surface area contributed by atoms with Crippen LogP contribution in [0.2, 0.25) is 0 Å². The lowest BCUT2D eigenvalue weighted by atomic mass is 10.1. The van der Waals surface area contributed by atoms with E-state index >= 15 is 0 Å². The Morgan fingerprint density at radius 3 is 2.47 bits per heavy atom. The maximum atomic E-state index is 11.0. The van der Waals surface area contributed by atoms with Crippen molar-refractivity contribution in [2.24, 2.45) is 0 Å². The van der Waals surface area contributed by atoms with Crippen molar-refractivity contribution in [3.63, 3.8) is 0 Å². The van der Waals surface area contributed by atoms with Gasteiger partial charge in [-0.05, 0) is 6.26 Å². The third kappa shape index (κ3) is 7.02. The Labute approximate surface area is 90.7 Å². The van der Waals surface area contributed by atoms with Gasteiger partial charge in [0, 0.05) is 0 Å². The first-order chi connectivity index (χ1) is 6.78. The summed E-state index contributed by atoms with van der Waals surface area (Å²) in [5, 5.41) is 18.2. The number of hydrogen-bond acceptors (Lipinski definition) is 8. The van der Waals surface area contributed by atoms with Crippen molar-refractivity contribution >= 4 is 25.4 Å². The van der Waals surface area contributed by atoms with Crippen LogP contribution in [0.15, 0.2) is 0 Å². The van der Waals surface area contributed by atoms with Crippen molar-refractivity contribution in [3.8, 4) is 0 Å². The Morgan fingerprint density at radius 1 is 1.53 bits per heavy atom. The fraction of sp³-hybridized carbons (Fsp3) is 0.833. The molecule has 0 aromatic heterocycles. The molecule has 0 saturated carbocycles. The SMILES string of the molecule is CSCC(=O)[C@H](O)[C@H](O)COP(=O)([O-])[O-]. The molecule has 2 N–H and O–H groups in total. The van der Waals surface area contributed by atoms with Crippen LogP contribution >= 0.6 is 19.6 Å². The van der Waals surface area contributed by atoms with Crippen LogP contribution in [0.25, 0.3) is 0 Å². The van der Waals surface area contributed by atoms with E-state index in [9.17, 15) is 19.1 Å². The quantitative estimate of drug-likeness (QED) is 0.479. The zero-order chi connectivity index (χ0) is 12.1. The molecule has 9 heteroatoms. The first kappa shape index (κ1) is 15.0. The number of hydrogen-bond donors (Lipinski definition) is 2. The number of thioether (sulfide) groups is 1. The second kappa shape index (κ2) is 6.59. The van der Waals surface area contributed by atoms with Crippen LogP contribution in [-0.4, -0.2) is 46.8 Å². The van der Waals surface area contributed by atoms with Crippen molar-refractivity contribution in [2.75, 3.05) is 18.6 Å². The lowest BCUT2D eigenvalue weighted by Crippen LogP contribution is -2.38. The number of carbonyl (C=O) groups is 1. The highest BCUT2D eigenvalue weighted by atomic mass is 32.2. The number of phosphoric acid groups is 1. The summed E-state index contributed by atoms with van der Waals surface area (Å²) in [4.78, 5) is 31.0. The molecule has 0 aliphatic carbocycles. The van der Waals surface area contributed by atoms with Gasteiger partial charge in [-0.2, -0.15) is 11.8 Å². The summed E-state index contributed by atoms with van der Waals surface area (Å²) in [6, 6.07) is 0. The smallest absolute Gasteiger partial charge is 0.173 e. The monoisotopic (exact) mass is 258 g/mol. The van der Waals surface area contributed by atoms with Crippen LogP contribution in [0.3, 0.4) is 0 Å². The number of ketones is 1. The van der Waals surface area contributed by atoms with E-state index in [2.05, 4.69) is 4.52 Å². The molecule has 0 aromatic rings. The van der Waals surface area contributed by atoms with Crippen LogP contribution in [0.5, 0.6) is 0 Å². The number of phosphoric ester groups is 1. The minimum atomic E-state index is -5.19. The average molecular weight is 258 g/mol. The molecule has 0 unspecified atom stereocenters. The third-order valence-corrected chi connectivity index (χ3v) is 2.42. The molecule has 0 saturated heterocycles. The van der Waals surface area contributed by atoms with E-state index in [1.54, 1.807) is 6.26 Å². The number of rotatable bonds is 7. The van der Waals surface area contributed by atoms with Gasteiger partial charge >= 0.3 is 0 Å². The van der Waals surface area contributed by atoms with E-state index in [0.29, 0.717) is 0 Å². The first-order valence-corrected chi connectivity index (χ1v) is 6.67. The van der Waals surface area contributed by atoms with Crippen molar-refractivity contribution in [1.82, 2.24) is 0 Å². The minimum absolute atomic E-state index is 0.0232. The highest BCUT2D eigenvalue weighted by molar-refractivity contribution is 7.99. The van der Waals surface area contributed by atoms with Gasteiger partial charge in [-0.15, -0.1) is 0 Å². The van der Waals surface area contributed by atoms with Gasteiger partial charge in [-0.3, -0.25) is 4.79 Å². The van der Waals surface area contributed by atoms with E-state index in [0.717, 1.165) is 11.8 Å². The molecule has 0 aliphatic rings. The Morgan fingerprint density at radius 2 is 2.07 bits per heavy atom. The van der Waals surface area contributed by atoms with Gasteiger partial charge in [-0.1, -0.05) is 0 Å². The van der Waals surface area contributed by atoms with Crippen LogP contribution in [0, 0.1) is 0 Å². The molecule has 2 atom stereocenters. The molecule has 0 rings (SSSR count). The first-order valence-electron chi connectivity index (χ1n) is 3.82. The van der Waals surface area contributed by atoms with Gasteiger partial charge in [0.25, 0.3) is 0 Å². The highest BCUT2D eigenvalue weighted by Gasteiger charge is 2.23. The molecule has 0 aromatic carbocycles. The summed E-state index contributed by atoms with van der Waals surface area (Å²) in [7, 11) is -5.19. The maximum Gasteiger partial charge on any atom is 0.173 e. The molecule has 0 aliphatic heterocycles. The normalized spacial score (nSPS) is 16.1. The molecular formula is C6H11O7PS-2. The van der Waals surface area contributed by atoms with Crippen molar-refractivity contribution in [2.45, 2.75) is 12.2 Å². The summed E-state index contributed by atoms with van der Waals surface area (Å²) in [6.07, 6.45) is -1.85. The van der Waals surface area contributed by atoms with Crippen LogP contribution in [0.1, 0.15) is 0 Å². The molecule has 0 fully saturated rings. The Kier molecular flexibility index (Phi) is 6.62. The third-order valence-electron chi connectivity index (χ3n) is 1.38. The number of Topliss-reactive ketones (excluding diaryl/α,β-unsaturated/α-hetero) is 1.